The second kappa shape index (κ2) is 4.01. The normalized spacial score (nSPS) is 39.8. The minimum absolute atomic E-state index is 0.325. The van der Waals surface area contributed by atoms with Gasteiger partial charge >= 0.3 is 0 Å². The number of carbonyl (C=O) groups is 1. The highest BCUT2D eigenvalue weighted by Gasteiger charge is 2.45. The molecule has 0 aromatic heterocycles. The molecule has 0 unspecified atom stereocenters. The minimum Gasteiger partial charge on any atom is -0.392 e. The zero-order valence-electron chi connectivity index (χ0n) is 8.80. The number of rotatable bonds is 0. The van der Waals surface area contributed by atoms with Crippen LogP contribution < -0.4 is 0 Å². The van der Waals surface area contributed by atoms with Gasteiger partial charge in [-0.3, -0.25) is 4.79 Å². The van der Waals surface area contributed by atoms with Crippen molar-refractivity contribution in [1.29, 1.82) is 0 Å². The van der Waals surface area contributed by atoms with Gasteiger partial charge in [0.05, 0.1) is 11.5 Å². The summed E-state index contributed by atoms with van der Waals surface area (Å²) in [5, 5.41) is 10.1. The fraction of sp³-hybridized carbons (Fsp3) is 0.917. The minimum atomic E-state index is -0.346. The van der Waals surface area contributed by atoms with E-state index in [2.05, 4.69) is 0 Å². The van der Waals surface area contributed by atoms with E-state index in [4.69, 9.17) is 0 Å². The van der Waals surface area contributed by atoms with Crippen LogP contribution in [-0.2, 0) is 4.79 Å². The molecule has 0 aromatic rings. The molecule has 14 heavy (non-hydrogen) atoms. The second-order valence-electron chi connectivity index (χ2n) is 4.90. The Morgan fingerprint density at radius 2 is 1.79 bits per heavy atom. The van der Waals surface area contributed by atoms with E-state index < -0.39 is 0 Å². The van der Waals surface area contributed by atoms with Gasteiger partial charge in [0.15, 0.2) is 0 Å². The summed E-state index contributed by atoms with van der Waals surface area (Å²) in [6, 6.07) is 0. The molecule has 80 valence electrons. The van der Waals surface area contributed by atoms with Gasteiger partial charge in [0.1, 0.15) is 5.78 Å². The molecule has 0 aromatic carbocycles. The molecule has 1 spiro atoms. The summed E-state index contributed by atoms with van der Waals surface area (Å²) in [4.78, 5) is 12.0. The summed E-state index contributed by atoms with van der Waals surface area (Å²) in [5.74, 6) is 0.349. The molecule has 2 atom stereocenters. The van der Waals surface area contributed by atoms with Crippen LogP contribution in [0.15, 0.2) is 0 Å². The molecule has 0 saturated heterocycles. The standard InChI is InChI=1S/C12H20O2/c13-10-6-2-1-4-8-12(10)9-5-3-7-11(12)14/h11,14H,1-9H2/t11-,12-/m0/s1. The molecule has 1 N–H and O–H groups in total. The largest absolute Gasteiger partial charge is 0.392 e. The summed E-state index contributed by atoms with van der Waals surface area (Å²) >= 11 is 0. The molecule has 2 rings (SSSR count). The third-order valence-electron chi connectivity index (χ3n) is 4.07. The third kappa shape index (κ3) is 1.60. The Morgan fingerprint density at radius 1 is 1.07 bits per heavy atom. The first-order chi connectivity index (χ1) is 6.76. The fourth-order valence-corrected chi connectivity index (χ4v) is 3.13. The lowest BCUT2D eigenvalue weighted by atomic mass is 9.66. The number of aliphatic hydroxyl groups excluding tert-OH is 1. The number of ketones is 1. The monoisotopic (exact) mass is 196 g/mol. The molecule has 0 heterocycles. The van der Waals surface area contributed by atoms with E-state index in [0.717, 1.165) is 44.9 Å². The molecule has 0 amide bonds. The van der Waals surface area contributed by atoms with Gasteiger partial charge in [-0.1, -0.05) is 25.7 Å². The molecule has 2 aliphatic carbocycles. The van der Waals surface area contributed by atoms with Crippen LogP contribution in [-0.4, -0.2) is 17.0 Å². The molecule has 0 bridgehead atoms. The fourth-order valence-electron chi connectivity index (χ4n) is 3.13. The van der Waals surface area contributed by atoms with Crippen molar-refractivity contribution in [1.82, 2.24) is 0 Å². The van der Waals surface area contributed by atoms with E-state index in [-0.39, 0.29) is 11.5 Å². The smallest absolute Gasteiger partial charge is 0.141 e. The number of carbonyl (C=O) groups excluding carboxylic acids is 1. The first kappa shape index (κ1) is 10.2. The second-order valence-corrected chi connectivity index (χ2v) is 4.90. The predicted molar refractivity (Wildman–Crippen MR) is 55.0 cm³/mol. The average molecular weight is 196 g/mol. The van der Waals surface area contributed by atoms with Crippen molar-refractivity contribution >= 4 is 5.78 Å². The molecule has 2 nitrogen and oxygen atoms in total. The van der Waals surface area contributed by atoms with Gasteiger partial charge in [-0.15, -0.1) is 0 Å². The Balaban J connectivity index is 2.19. The number of Topliss-reactive ketones (excluding diaryl/α,β-unsaturated/α-hetero) is 1. The maximum absolute atomic E-state index is 12.0. The SMILES string of the molecule is O=C1CCCCC[C@]12CCCC[C@@H]2O. The topological polar surface area (TPSA) is 37.3 Å². The molecule has 2 heteroatoms. The van der Waals surface area contributed by atoms with Crippen LogP contribution in [0.1, 0.15) is 57.8 Å². The Labute approximate surface area is 85.7 Å². The highest BCUT2D eigenvalue weighted by molar-refractivity contribution is 5.85. The van der Waals surface area contributed by atoms with Gasteiger partial charge in [0.25, 0.3) is 0 Å². The summed E-state index contributed by atoms with van der Waals surface area (Å²) in [6.45, 7) is 0. The Morgan fingerprint density at radius 3 is 2.57 bits per heavy atom. The third-order valence-corrected chi connectivity index (χ3v) is 4.07. The Kier molecular flexibility index (Phi) is 2.91. The van der Waals surface area contributed by atoms with Crippen molar-refractivity contribution in [2.75, 3.05) is 0 Å². The van der Waals surface area contributed by atoms with Crippen LogP contribution in [0.4, 0.5) is 0 Å². The van der Waals surface area contributed by atoms with Crippen LogP contribution in [0.25, 0.3) is 0 Å². The molecule has 2 saturated carbocycles. The van der Waals surface area contributed by atoms with E-state index in [1.807, 2.05) is 0 Å². The van der Waals surface area contributed by atoms with Crippen LogP contribution in [0.2, 0.25) is 0 Å². The van der Waals surface area contributed by atoms with E-state index in [1.165, 1.54) is 6.42 Å². The lowest BCUT2D eigenvalue weighted by molar-refractivity contribution is -0.139. The van der Waals surface area contributed by atoms with Gasteiger partial charge in [0, 0.05) is 6.42 Å². The van der Waals surface area contributed by atoms with Crippen molar-refractivity contribution in [2.45, 2.75) is 63.9 Å². The summed E-state index contributed by atoms with van der Waals surface area (Å²) in [6.07, 6.45) is 8.62. The first-order valence-corrected chi connectivity index (χ1v) is 5.97. The maximum atomic E-state index is 12.0. The lowest BCUT2D eigenvalue weighted by Gasteiger charge is -2.39. The predicted octanol–water partition coefficient (Wildman–Crippen LogP) is 2.44. The highest BCUT2D eigenvalue weighted by atomic mass is 16.3. The summed E-state index contributed by atoms with van der Waals surface area (Å²) < 4.78 is 0. The number of aliphatic hydroxyl groups is 1. The van der Waals surface area contributed by atoms with E-state index >= 15 is 0 Å². The molecular weight excluding hydrogens is 176 g/mol. The molecule has 0 aliphatic heterocycles. The van der Waals surface area contributed by atoms with Crippen molar-refractivity contribution in [3.63, 3.8) is 0 Å². The van der Waals surface area contributed by atoms with Gasteiger partial charge in [-0.25, -0.2) is 0 Å². The average Bonchev–Trinajstić information content (AvgIpc) is 2.36. The Bertz CT molecular complexity index is 224. The molecular formula is C12H20O2. The van der Waals surface area contributed by atoms with E-state index in [9.17, 15) is 9.90 Å². The Hall–Kier alpha value is -0.370. The molecule has 2 fully saturated rings. The quantitative estimate of drug-likeness (QED) is 0.646. The van der Waals surface area contributed by atoms with Crippen molar-refractivity contribution in [2.24, 2.45) is 5.41 Å². The lowest BCUT2D eigenvalue weighted by Crippen LogP contribution is -2.44. The number of hydrogen-bond donors (Lipinski definition) is 1. The van der Waals surface area contributed by atoms with Crippen LogP contribution in [0, 0.1) is 5.41 Å². The maximum Gasteiger partial charge on any atom is 0.141 e. The zero-order chi connectivity index (χ0) is 10.0. The van der Waals surface area contributed by atoms with Crippen molar-refractivity contribution in [3.05, 3.63) is 0 Å². The van der Waals surface area contributed by atoms with Gasteiger partial charge in [-0.2, -0.15) is 0 Å². The highest BCUT2D eigenvalue weighted by Crippen LogP contribution is 2.44. The van der Waals surface area contributed by atoms with Crippen LogP contribution >= 0.6 is 0 Å². The van der Waals surface area contributed by atoms with Crippen LogP contribution in [0.3, 0.4) is 0 Å². The zero-order valence-corrected chi connectivity index (χ0v) is 8.80. The number of hydrogen-bond acceptors (Lipinski definition) is 2. The van der Waals surface area contributed by atoms with Crippen molar-refractivity contribution < 1.29 is 9.90 Å². The summed E-state index contributed by atoms with van der Waals surface area (Å²) in [7, 11) is 0. The summed E-state index contributed by atoms with van der Waals surface area (Å²) in [5.41, 5.74) is -0.325. The van der Waals surface area contributed by atoms with Gasteiger partial charge in [0.2, 0.25) is 0 Å². The van der Waals surface area contributed by atoms with Gasteiger partial charge < -0.3 is 5.11 Å². The van der Waals surface area contributed by atoms with E-state index in [0.29, 0.717) is 12.2 Å². The van der Waals surface area contributed by atoms with Gasteiger partial charge in [-0.05, 0) is 25.7 Å². The molecule has 0 radical (unpaired) electrons. The molecule has 2 aliphatic rings. The van der Waals surface area contributed by atoms with Crippen LogP contribution in [0.5, 0.6) is 0 Å². The first-order valence-electron chi connectivity index (χ1n) is 5.97. The van der Waals surface area contributed by atoms with E-state index in [1.54, 1.807) is 0 Å². The van der Waals surface area contributed by atoms with Crippen molar-refractivity contribution in [3.8, 4) is 0 Å².